The highest BCUT2D eigenvalue weighted by Gasteiger charge is 2.25. The van der Waals surface area contributed by atoms with Gasteiger partial charge in [0, 0.05) is 29.7 Å². The molecule has 0 unspecified atom stereocenters. The zero-order valence-corrected chi connectivity index (χ0v) is 16.7. The number of benzene rings is 1. The fourth-order valence-corrected chi connectivity index (χ4v) is 3.23. The molecule has 6 nitrogen and oxygen atoms in total. The largest absolute Gasteiger partial charge is 0.478 e. The lowest BCUT2D eigenvalue weighted by Crippen LogP contribution is -2.28. The van der Waals surface area contributed by atoms with Crippen molar-refractivity contribution in [2.24, 2.45) is 17.8 Å². The summed E-state index contributed by atoms with van der Waals surface area (Å²) in [6.07, 6.45) is 5.03. The topological polar surface area (TPSA) is 121 Å². The standard InChI is InChI=1S/C22H31NO5/c1-14(19(16(3)24)6-4-5-7-22(27)28)12-15(2)20(25)13-21(26)17-8-10-18(23)11-9-17/h4-11,14-16,19-20,24-25H,12-13,23H2,1-3H3,(H,27,28)/b6-4+,7-5+/t14-,15+,16+,19-,20-/m1/s1. The van der Waals surface area contributed by atoms with E-state index in [9.17, 15) is 19.8 Å². The van der Waals surface area contributed by atoms with E-state index in [0.29, 0.717) is 17.7 Å². The molecular weight excluding hydrogens is 358 g/mol. The van der Waals surface area contributed by atoms with Gasteiger partial charge >= 0.3 is 5.97 Å². The molecule has 1 aromatic rings. The molecule has 5 N–H and O–H groups in total. The van der Waals surface area contributed by atoms with Crippen LogP contribution in [-0.2, 0) is 4.79 Å². The number of rotatable bonds is 11. The molecule has 0 aliphatic heterocycles. The average Bonchev–Trinajstić information content (AvgIpc) is 2.61. The van der Waals surface area contributed by atoms with Gasteiger partial charge < -0.3 is 21.1 Å². The molecule has 0 aliphatic carbocycles. The molecule has 0 aromatic heterocycles. The maximum Gasteiger partial charge on any atom is 0.328 e. The number of carbonyl (C=O) groups excluding carboxylic acids is 1. The van der Waals surface area contributed by atoms with Crippen LogP contribution in [0, 0.1) is 17.8 Å². The van der Waals surface area contributed by atoms with Crippen LogP contribution in [0.1, 0.15) is 44.0 Å². The number of aliphatic hydroxyl groups is 2. The fourth-order valence-electron chi connectivity index (χ4n) is 3.23. The SMILES string of the molecule is C[C@H](O)[C@H](/C=C/C=C/C(=O)O)[C@H](C)C[C@H](C)[C@H](O)CC(=O)c1ccc(N)cc1. The smallest absolute Gasteiger partial charge is 0.328 e. The van der Waals surface area contributed by atoms with E-state index in [1.54, 1.807) is 43.3 Å². The molecule has 0 bridgehead atoms. The van der Waals surface area contributed by atoms with Crippen molar-refractivity contribution >= 4 is 17.4 Å². The Labute approximate surface area is 166 Å². The highest BCUT2D eigenvalue weighted by Crippen LogP contribution is 2.27. The highest BCUT2D eigenvalue weighted by atomic mass is 16.4. The third-order valence-corrected chi connectivity index (χ3v) is 4.92. The summed E-state index contributed by atoms with van der Waals surface area (Å²) in [5, 5.41) is 29.1. The van der Waals surface area contributed by atoms with Crippen LogP contribution >= 0.6 is 0 Å². The summed E-state index contributed by atoms with van der Waals surface area (Å²) in [5.41, 5.74) is 6.72. The van der Waals surface area contributed by atoms with E-state index in [4.69, 9.17) is 10.8 Å². The summed E-state index contributed by atoms with van der Waals surface area (Å²) >= 11 is 0. The number of carboxylic acids is 1. The van der Waals surface area contributed by atoms with Crippen LogP contribution in [0.25, 0.3) is 0 Å². The van der Waals surface area contributed by atoms with Crippen LogP contribution in [0.3, 0.4) is 0 Å². The van der Waals surface area contributed by atoms with Gasteiger partial charge in [-0.05, 0) is 49.4 Å². The Kier molecular flexibility index (Phi) is 9.62. The van der Waals surface area contributed by atoms with E-state index < -0.39 is 18.2 Å². The number of nitrogen functional groups attached to an aromatic ring is 1. The summed E-state index contributed by atoms with van der Waals surface area (Å²) in [4.78, 5) is 22.8. The predicted molar refractivity (Wildman–Crippen MR) is 110 cm³/mol. The minimum Gasteiger partial charge on any atom is -0.478 e. The molecule has 0 aliphatic rings. The lowest BCUT2D eigenvalue weighted by molar-refractivity contribution is -0.131. The number of carbonyl (C=O) groups is 2. The molecular formula is C22H31NO5. The van der Waals surface area contributed by atoms with Crippen molar-refractivity contribution in [1.82, 2.24) is 0 Å². The minimum absolute atomic E-state index is 0.0222. The van der Waals surface area contributed by atoms with Gasteiger partial charge in [0.15, 0.2) is 5.78 Å². The highest BCUT2D eigenvalue weighted by molar-refractivity contribution is 5.96. The Morgan fingerprint density at radius 3 is 2.18 bits per heavy atom. The average molecular weight is 389 g/mol. The lowest BCUT2D eigenvalue weighted by atomic mass is 9.80. The van der Waals surface area contributed by atoms with Crippen molar-refractivity contribution in [2.45, 2.75) is 45.8 Å². The molecule has 0 saturated heterocycles. The van der Waals surface area contributed by atoms with Crippen LogP contribution in [0.4, 0.5) is 5.69 Å². The second kappa shape index (κ2) is 11.4. The predicted octanol–water partition coefficient (Wildman–Crippen LogP) is 3.06. The quantitative estimate of drug-likeness (QED) is 0.200. The minimum atomic E-state index is -1.03. The number of hydrogen-bond donors (Lipinski definition) is 4. The molecule has 1 aromatic carbocycles. The van der Waals surface area contributed by atoms with Crippen molar-refractivity contribution in [3.05, 3.63) is 54.1 Å². The number of aliphatic hydroxyl groups excluding tert-OH is 2. The maximum atomic E-state index is 12.3. The summed E-state index contributed by atoms with van der Waals surface area (Å²) in [6, 6.07) is 6.61. The Balaban J connectivity index is 2.66. The van der Waals surface area contributed by atoms with Gasteiger partial charge in [-0.15, -0.1) is 0 Å². The monoisotopic (exact) mass is 389 g/mol. The Morgan fingerprint density at radius 1 is 1.04 bits per heavy atom. The van der Waals surface area contributed by atoms with E-state index in [2.05, 4.69) is 0 Å². The summed E-state index contributed by atoms with van der Waals surface area (Å²) in [7, 11) is 0. The Hall–Kier alpha value is -2.44. The molecule has 0 spiro atoms. The number of Topliss-reactive ketones (excluding diaryl/α,β-unsaturated/α-hetero) is 1. The second-order valence-corrected chi connectivity index (χ2v) is 7.41. The van der Waals surface area contributed by atoms with Crippen molar-refractivity contribution in [3.63, 3.8) is 0 Å². The third kappa shape index (κ3) is 8.06. The number of anilines is 1. The van der Waals surface area contributed by atoms with E-state index in [1.807, 2.05) is 13.8 Å². The summed E-state index contributed by atoms with van der Waals surface area (Å²) in [5.74, 6) is -1.48. The molecule has 0 fully saturated rings. The molecule has 154 valence electrons. The zero-order chi connectivity index (χ0) is 21.3. The van der Waals surface area contributed by atoms with Crippen LogP contribution in [0.5, 0.6) is 0 Å². The van der Waals surface area contributed by atoms with Crippen molar-refractivity contribution in [1.29, 1.82) is 0 Å². The number of aliphatic carboxylic acids is 1. The number of nitrogens with two attached hydrogens (primary N) is 1. The first-order chi connectivity index (χ1) is 13.1. The van der Waals surface area contributed by atoms with Gasteiger partial charge in [-0.25, -0.2) is 4.79 Å². The molecule has 0 amide bonds. The van der Waals surface area contributed by atoms with Gasteiger partial charge in [-0.1, -0.05) is 32.1 Å². The maximum absolute atomic E-state index is 12.3. The van der Waals surface area contributed by atoms with Crippen molar-refractivity contribution in [2.75, 3.05) is 5.73 Å². The first-order valence-electron chi connectivity index (χ1n) is 9.44. The van der Waals surface area contributed by atoms with Gasteiger partial charge in [0.1, 0.15) is 0 Å². The number of carboxylic acid groups (broad SMARTS) is 1. The van der Waals surface area contributed by atoms with Crippen molar-refractivity contribution in [3.8, 4) is 0 Å². The van der Waals surface area contributed by atoms with Gasteiger partial charge in [0.2, 0.25) is 0 Å². The van der Waals surface area contributed by atoms with Crippen LogP contribution in [0.2, 0.25) is 0 Å². The van der Waals surface area contributed by atoms with E-state index in [1.165, 1.54) is 6.08 Å². The molecule has 6 heteroatoms. The molecule has 28 heavy (non-hydrogen) atoms. The molecule has 1 rings (SSSR count). The number of ketones is 1. The lowest BCUT2D eigenvalue weighted by Gasteiger charge is -2.28. The van der Waals surface area contributed by atoms with Gasteiger partial charge in [0.05, 0.1) is 12.2 Å². The summed E-state index contributed by atoms with van der Waals surface area (Å²) < 4.78 is 0. The zero-order valence-electron chi connectivity index (χ0n) is 16.7. The molecule has 5 atom stereocenters. The third-order valence-electron chi connectivity index (χ3n) is 4.92. The summed E-state index contributed by atoms with van der Waals surface area (Å²) in [6.45, 7) is 5.52. The normalized spacial score (nSPS) is 17.3. The van der Waals surface area contributed by atoms with E-state index in [0.717, 1.165) is 6.08 Å². The van der Waals surface area contributed by atoms with Gasteiger partial charge in [-0.2, -0.15) is 0 Å². The Morgan fingerprint density at radius 2 is 1.64 bits per heavy atom. The first-order valence-corrected chi connectivity index (χ1v) is 9.44. The first kappa shape index (κ1) is 23.6. The van der Waals surface area contributed by atoms with Crippen molar-refractivity contribution < 1.29 is 24.9 Å². The Bertz CT molecular complexity index is 693. The van der Waals surface area contributed by atoms with Crippen LogP contribution in [0.15, 0.2) is 48.6 Å². The van der Waals surface area contributed by atoms with Gasteiger partial charge in [-0.3, -0.25) is 4.79 Å². The van der Waals surface area contributed by atoms with Gasteiger partial charge in [0.25, 0.3) is 0 Å². The van der Waals surface area contributed by atoms with E-state index >= 15 is 0 Å². The van der Waals surface area contributed by atoms with E-state index in [-0.39, 0.29) is 30.0 Å². The molecule has 0 heterocycles. The van der Waals surface area contributed by atoms with Crippen LogP contribution < -0.4 is 5.73 Å². The fraction of sp³-hybridized carbons (Fsp3) is 0.455. The van der Waals surface area contributed by atoms with Crippen LogP contribution in [-0.4, -0.2) is 39.3 Å². The number of hydrogen-bond acceptors (Lipinski definition) is 5. The molecule has 0 radical (unpaired) electrons. The number of allylic oxidation sites excluding steroid dienone is 2. The second-order valence-electron chi connectivity index (χ2n) is 7.41. The molecule has 0 saturated carbocycles.